The van der Waals surface area contributed by atoms with E-state index in [2.05, 4.69) is 28.0 Å². The molecule has 7 nitrogen and oxygen atoms in total. The Hall–Kier alpha value is -2.25. The average molecular weight is 369 g/mol. The van der Waals surface area contributed by atoms with Crippen LogP contribution in [0.4, 0.5) is 0 Å². The maximum Gasteiger partial charge on any atom is 0.272 e. The number of rotatable bonds is 3. The van der Waals surface area contributed by atoms with E-state index in [1.807, 2.05) is 30.0 Å². The van der Waals surface area contributed by atoms with E-state index >= 15 is 0 Å². The lowest BCUT2D eigenvalue weighted by atomic mass is 9.84. The molecular weight excluding hydrogens is 342 g/mol. The number of carbonyl (C=O) groups is 1. The monoisotopic (exact) mass is 369 g/mol. The van der Waals surface area contributed by atoms with Gasteiger partial charge in [-0.25, -0.2) is 5.10 Å². The van der Waals surface area contributed by atoms with Crippen molar-refractivity contribution in [3.63, 3.8) is 0 Å². The first-order valence-electron chi connectivity index (χ1n) is 9.80. The van der Waals surface area contributed by atoms with Crippen molar-refractivity contribution in [2.75, 3.05) is 19.6 Å². The van der Waals surface area contributed by atoms with Crippen molar-refractivity contribution >= 4 is 16.7 Å². The predicted octanol–water partition coefficient (Wildman–Crippen LogP) is 1.38. The summed E-state index contributed by atoms with van der Waals surface area (Å²) in [5, 5.41) is 8.08. The maximum absolute atomic E-state index is 13.1. The first-order valence-corrected chi connectivity index (χ1v) is 9.80. The van der Waals surface area contributed by atoms with Gasteiger partial charge < -0.3 is 4.90 Å². The molecule has 2 saturated heterocycles. The second-order valence-electron chi connectivity index (χ2n) is 7.90. The number of piperidine rings is 1. The van der Waals surface area contributed by atoms with E-state index in [9.17, 15) is 9.59 Å². The molecule has 0 spiro atoms. The van der Waals surface area contributed by atoms with Gasteiger partial charge in [0.2, 0.25) is 5.91 Å². The zero-order chi connectivity index (χ0) is 19.0. The van der Waals surface area contributed by atoms with Crippen LogP contribution in [0.2, 0.25) is 0 Å². The third kappa shape index (κ3) is 3.37. The molecule has 7 heteroatoms. The lowest BCUT2D eigenvalue weighted by Crippen LogP contribution is -2.46. The van der Waals surface area contributed by atoms with E-state index in [0.29, 0.717) is 29.0 Å². The zero-order valence-electron chi connectivity index (χ0n) is 15.9. The largest absolute Gasteiger partial charge is 0.342 e. The van der Waals surface area contributed by atoms with Gasteiger partial charge in [-0.15, -0.1) is 0 Å². The number of benzene rings is 1. The molecule has 1 amide bonds. The van der Waals surface area contributed by atoms with Crippen LogP contribution in [0.3, 0.4) is 0 Å². The van der Waals surface area contributed by atoms with Crippen LogP contribution in [-0.2, 0) is 4.79 Å². The fraction of sp³-hybridized carbons (Fsp3) is 0.550. The lowest BCUT2D eigenvalue weighted by molar-refractivity contribution is -0.134. The van der Waals surface area contributed by atoms with E-state index in [-0.39, 0.29) is 17.4 Å². The third-order valence-electron chi connectivity index (χ3n) is 6.17. The minimum Gasteiger partial charge on any atom is -0.342 e. The summed E-state index contributed by atoms with van der Waals surface area (Å²) in [4.78, 5) is 27.0. The molecule has 4 rings (SSSR count). The number of fused-ring (bicyclic) bond motifs is 1. The fourth-order valence-electron chi connectivity index (χ4n) is 4.53. The minimum atomic E-state index is -0.381. The summed E-state index contributed by atoms with van der Waals surface area (Å²) < 4.78 is 0. The quantitative estimate of drug-likeness (QED) is 0.760. The predicted molar refractivity (Wildman–Crippen MR) is 104 cm³/mol. The second-order valence-corrected chi connectivity index (χ2v) is 7.90. The molecule has 2 aromatic rings. The molecule has 3 unspecified atom stereocenters. The van der Waals surface area contributed by atoms with Gasteiger partial charge in [0.05, 0.1) is 17.0 Å². The van der Waals surface area contributed by atoms with Crippen molar-refractivity contribution in [2.24, 2.45) is 11.8 Å². The summed E-state index contributed by atoms with van der Waals surface area (Å²) >= 11 is 0. The second kappa shape index (κ2) is 7.40. The molecule has 0 bridgehead atoms. The van der Waals surface area contributed by atoms with Crippen molar-refractivity contribution in [1.82, 2.24) is 25.9 Å². The van der Waals surface area contributed by atoms with Gasteiger partial charge in [0.15, 0.2) is 0 Å². The number of hydrogen-bond donors (Lipinski definition) is 3. The summed E-state index contributed by atoms with van der Waals surface area (Å²) in [6.45, 7) is 6.71. The summed E-state index contributed by atoms with van der Waals surface area (Å²) in [5.41, 5.74) is 7.07. The van der Waals surface area contributed by atoms with Gasteiger partial charge in [-0.05, 0) is 37.7 Å². The van der Waals surface area contributed by atoms with E-state index < -0.39 is 0 Å². The van der Waals surface area contributed by atoms with Gasteiger partial charge in [-0.1, -0.05) is 25.1 Å². The van der Waals surface area contributed by atoms with Crippen LogP contribution in [0.15, 0.2) is 29.1 Å². The topological polar surface area (TPSA) is 90.1 Å². The highest BCUT2D eigenvalue weighted by Gasteiger charge is 2.35. The van der Waals surface area contributed by atoms with Crippen molar-refractivity contribution in [1.29, 1.82) is 0 Å². The van der Waals surface area contributed by atoms with Crippen LogP contribution >= 0.6 is 0 Å². The summed E-state index contributed by atoms with van der Waals surface area (Å²) in [6, 6.07) is 7.82. The van der Waals surface area contributed by atoms with Gasteiger partial charge in [-0.3, -0.25) is 20.4 Å². The van der Waals surface area contributed by atoms with Crippen molar-refractivity contribution in [2.45, 2.75) is 38.6 Å². The average Bonchev–Trinajstić information content (AvgIpc) is 3.13. The molecule has 0 radical (unpaired) electrons. The Balaban J connectivity index is 1.48. The number of carbonyl (C=O) groups excluding carboxylic acids is 1. The number of likely N-dealkylation sites (tertiary alicyclic amines) is 1. The van der Waals surface area contributed by atoms with E-state index in [4.69, 9.17) is 0 Å². The highest BCUT2D eigenvalue weighted by molar-refractivity contribution is 5.91. The number of aromatic amines is 1. The first kappa shape index (κ1) is 18.1. The first-order chi connectivity index (χ1) is 13.1. The number of H-pyrrole nitrogens is 1. The zero-order valence-corrected chi connectivity index (χ0v) is 15.9. The van der Waals surface area contributed by atoms with Crippen LogP contribution in [0, 0.1) is 11.8 Å². The Bertz CT molecular complexity index is 887. The number of nitrogens with one attached hydrogen (secondary N) is 3. The van der Waals surface area contributed by atoms with Gasteiger partial charge >= 0.3 is 0 Å². The number of nitrogens with zero attached hydrogens (tertiary/aromatic N) is 2. The van der Waals surface area contributed by atoms with Crippen molar-refractivity contribution in [3.05, 3.63) is 40.3 Å². The molecule has 3 atom stereocenters. The molecule has 3 N–H and O–H groups in total. The van der Waals surface area contributed by atoms with Gasteiger partial charge in [-0.2, -0.15) is 5.10 Å². The molecule has 0 aliphatic carbocycles. The lowest BCUT2D eigenvalue weighted by Gasteiger charge is -2.36. The number of hydrazine groups is 1. The highest BCUT2D eigenvalue weighted by Crippen LogP contribution is 2.29. The van der Waals surface area contributed by atoms with Crippen LogP contribution in [0.25, 0.3) is 10.8 Å². The Morgan fingerprint density at radius 1 is 1.22 bits per heavy atom. The molecule has 3 heterocycles. The Morgan fingerprint density at radius 3 is 2.59 bits per heavy atom. The minimum absolute atomic E-state index is 0.0868. The van der Waals surface area contributed by atoms with Gasteiger partial charge in [0.1, 0.15) is 0 Å². The Kier molecular flexibility index (Phi) is 4.97. The fourth-order valence-corrected chi connectivity index (χ4v) is 4.53. The maximum atomic E-state index is 13.1. The van der Waals surface area contributed by atoms with Crippen LogP contribution in [0.5, 0.6) is 0 Å². The van der Waals surface area contributed by atoms with Gasteiger partial charge in [0, 0.05) is 31.1 Å². The van der Waals surface area contributed by atoms with Crippen molar-refractivity contribution < 1.29 is 4.79 Å². The smallest absolute Gasteiger partial charge is 0.272 e. The van der Waals surface area contributed by atoms with Gasteiger partial charge in [0.25, 0.3) is 5.56 Å². The van der Waals surface area contributed by atoms with E-state index in [1.54, 1.807) is 6.07 Å². The molecule has 1 aromatic heterocycles. The van der Waals surface area contributed by atoms with Crippen LogP contribution in [0.1, 0.15) is 38.3 Å². The molecule has 2 aliphatic heterocycles. The molecule has 1 aromatic carbocycles. The molecular formula is C20H27N5O2. The van der Waals surface area contributed by atoms with E-state index in [0.717, 1.165) is 37.9 Å². The summed E-state index contributed by atoms with van der Waals surface area (Å²) in [5.74, 6) is 0.923. The molecule has 2 aliphatic rings. The van der Waals surface area contributed by atoms with Crippen molar-refractivity contribution in [3.8, 4) is 0 Å². The van der Waals surface area contributed by atoms with Crippen LogP contribution in [-0.4, -0.2) is 46.7 Å². The molecule has 144 valence electrons. The standard InChI is InChI=1S/C20H27N5O2/c1-12-11-21-22-17(12)14-7-9-25(10-8-14)20(27)13(2)18-15-5-3-4-6-16(15)19(26)24-23-18/h3-6,12-14,17,21-22H,7-11H2,1-2H3,(H,24,26). The SMILES string of the molecule is CC(C(=O)N1CCC(C2NNCC2C)CC1)c1n[nH]c(=O)c2ccccc12. The van der Waals surface area contributed by atoms with Crippen LogP contribution < -0.4 is 16.4 Å². The number of hydrogen-bond acceptors (Lipinski definition) is 5. The molecule has 27 heavy (non-hydrogen) atoms. The van der Waals surface area contributed by atoms with E-state index in [1.165, 1.54) is 0 Å². The molecule has 2 fully saturated rings. The number of amides is 1. The number of aromatic nitrogens is 2. The molecule has 0 saturated carbocycles. The normalized spacial score (nSPS) is 25.0. The summed E-state index contributed by atoms with van der Waals surface area (Å²) in [7, 11) is 0. The highest BCUT2D eigenvalue weighted by atomic mass is 16.2. The third-order valence-corrected chi connectivity index (χ3v) is 6.17. The Morgan fingerprint density at radius 2 is 1.93 bits per heavy atom. The Labute approximate surface area is 158 Å². The summed E-state index contributed by atoms with van der Waals surface area (Å²) in [6.07, 6.45) is 2.03.